The van der Waals surface area contributed by atoms with Crippen LogP contribution in [-0.2, 0) is 13.1 Å². The lowest BCUT2D eigenvalue weighted by Gasteiger charge is -2.15. The van der Waals surface area contributed by atoms with Gasteiger partial charge in [0, 0.05) is 27.3 Å². The molecule has 0 spiro atoms. The van der Waals surface area contributed by atoms with Crippen LogP contribution in [0, 0.1) is 6.92 Å². The molecule has 0 aliphatic heterocycles. The Balaban J connectivity index is 1.97. The fourth-order valence-corrected chi connectivity index (χ4v) is 3.66. The number of hydrogen-bond donors (Lipinski definition) is 1. The summed E-state index contributed by atoms with van der Waals surface area (Å²) >= 11 is 5.32. The Morgan fingerprint density at radius 3 is 2.45 bits per heavy atom. The van der Waals surface area contributed by atoms with Crippen molar-refractivity contribution in [3.63, 3.8) is 0 Å². The summed E-state index contributed by atoms with van der Waals surface area (Å²) in [6, 6.07) is 9.20. The van der Waals surface area contributed by atoms with Crippen LogP contribution in [-0.4, -0.2) is 23.0 Å². The highest BCUT2D eigenvalue weighted by Gasteiger charge is 2.07. The van der Waals surface area contributed by atoms with Crippen LogP contribution in [0.3, 0.4) is 0 Å². The number of aromatic carboxylic acids is 1. The van der Waals surface area contributed by atoms with Crippen molar-refractivity contribution in [1.82, 2.24) is 4.90 Å². The molecule has 2 aromatic rings. The fourth-order valence-electron chi connectivity index (χ4n) is 1.98. The predicted octanol–water partition coefficient (Wildman–Crippen LogP) is 4.15. The van der Waals surface area contributed by atoms with E-state index >= 15 is 0 Å². The average Bonchev–Trinajstić information content (AvgIpc) is 2.68. The van der Waals surface area contributed by atoms with Crippen molar-refractivity contribution in [2.45, 2.75) is 20.0 Å². The summed E-state index contributed by atoms with van der Waals surface area (Å²) in [6.45, 7) is 3.79. The molecule has 1 aromatic heterocycles. The molecule has 20 heavy (non-hydrogen) atoms. The summed E-state index contributed by atoms with van der Waals surface area (Å²) in [5, 5.41) is 8.87. The maximum atomic E-state index is 10.8. The first-order valence-electron chi connectivity index (χ1n) is 6.21. The van der Waals surface area contributed by atoms with E-state index in [0.29, 0.717) is 5.56 Å². The molecule has 106 valence electrons. The number of nitrogens with zero attached hydrogens (tertiary/aromatic N) is 1. The first-order chi connectivity index (χ1) is 9.45. The average molecular weight is 354 g/mol. The second-order valence-corrected chi connectivity index (χ2v) is 6.99. The molecule has 1 N–H and O–H groups in total. The maximum Gasteiger partial charge on any atom is 0.335 e. The molecule has 0 fully saturated rings. The van der Waals surface area contributed by atoms with E-state index in [0.717, 1.165) is 23.1 Å². The van der Waals surface area contributed by atoms with Crippen LogP contribution in [0.2, 0.25) is 0 Å². The molecule has 0 unspecified atom stereocenters. The topological polar surface area (TPSA) is 40.5 Å². The Labute approximate surface area is 131 Å². The largest absolute Gasteiger partial charge is 0.478 e. The highest BCUT2D eigenvalue weighted by molar-refractivity contribution is 9.10. The van der Waals surface area contributed by atoms with Crippen LogP contribution in [0.4, 0.5) is 0 Å². The van der Waals surface area contributed by atoms with Gasteiger partial charge in [-0.15, -0.1) is 11.3 Å². The second kappa shape index (κ2) is 6.52. The van der Waals surface area contributed by atoms with Gasteiger partial charge in [-0.05, 0) is 53.7 Å². The summed E-state index contributed by atoms with van der Waals surface area (Å²) in [4.78, 5) is 15.6. The molecule has 5 heteroatoms. The first kappa shape index (κ1) is 15.2. The number of benzene rings is 1. The number of hydrogen-bond acceptors (Lipinski definition) is 3. The Kier molecular flexibility index (Phi) is 4.96. The van der Waals surface area contributed by atoms with Gasteiger partial charge in [0.25, 0.3) is 0 Å². The van der Waals surface area contributed by atoms with Gasteiger partial charge in [0.2, 0.25) is 0 Å². The van der Waals surface area contributed by atoms with E-state index in [1.54, 1.807) is 23.5 Å². The third kappa shape index (κ3) is 3.91. The molecule has 0 aliphatic rings. The van der Waals surface area contributed by atoms with E-state index in [1.165, 1.54) is 9.75 Å². The van der Waals surface area contributed by atoms with Crippen LogP contribution < -0.4 is 0 Å². The molecule has 1 heterocycles. The highest BCUT2D eigenvalue weighted by Crippen LogP contribution is 2.27. The zero-order valence-electron chi connectivity index (χ0n) is 11.4. The van der Waals surface area contributed by atoms with Gasteiger partial charge < -0.3 is 5.11 Å². The highest BCUT2D eigenvalue weighted by atomic mass is 79.9. The van der Waals surface area contributed by atoms with Crippen LogP contribution in [0.5, 0.6) is 0 Å². The van der Waals surface area contributed by atoms with E-state index in [4.69, 9.17) is 5.11 Å². The van der Waals surface area contributed by atoms with Crippen molar-refractivity contribution in [3.8, 4) is 0 Å². The minimum atomic E-state index is -0.885. The van der Waals surface area contributed by atoms with Crippen LogP contribution in [0.15, 0.2) is 34.8 Å². The smallest absolute Gasteiger partial charge is 0.335 e. The number of carboxylic acid groups (broad SMARTS) is 1. The summed E-state index contributed by atoms with van der Waals surface area (Å²) in [6.07, 6.45) is 0. The lowest BCUT2D eigenvalue weighted by molar-refractivity contribution is 0.0697. The minimum absolute atomic E-state index is 0.328. The molecule has 0 atom stereocenters. The summed E-state index contributed by atoms with van der Waals surface area (Å²) in [5.41, 5.74) is 1.44. The third-order valence-electron chi connectivity index (χ3n) is 2.99. The molecular formula is C15H16BrNO2S. The van der Waals surface area contributed by atoms with Gasteiger partial charge in [-0.3, -0.25) is 4.90 Å². The third-order valence-corrected chi connectivity index (χ3v) is 5.11. The molecule has 0 bridgehead atoms. The Bertz CT molecular complexity index is 587. The number of carbonyl (C=O) groups is 1. The number of aryl methyl sites for hydroxylation is 1. The van der Waals surface area contributed by atoms with Crippen LogP contribution in [0.1, 0.15) is 25.7 Å². The van der Waals surface area contributed by atoms with Gasteiger partial charge in [-0.2, -0.15) is 0 Å². The number of thiophene rings is 1. The molecule has 3 nitrogen and oxygen atoms in total. The van der Waals surface area contributed by atoms with Gasteiger partial charge in [-0.25, -0.2) is 4.79 Å². The van der Waals surface area contributed by atoms with Gasteiger partial charge in [0.05, 0.1) is 5.56 Å². The summed E-state index contributed by atoms with van der Waals surface area (Å²) in [7, 11) is 2.06. The number of halogens is 1. The SMILES string of the molecule is Cc1sc(CN(C)Cc2ccc(C(=O)O)cc2)cc1Br. The van der Waals surface area contributed by atoms with Crippen LogP contribution in [0.25, 0.3) is 0 Å². The van der Waals surface area contributed by atoms with Gasteiger partial charge in [0.15, 0.2) is 0 Å². The predicted molar refractivity (Wildman–Crippen MR) is 85.3 cm³/mol. The minimum Gasteiger partial charge on any atom is -0.478 e. The van der Waals surface area contributed by atoms with Crippen LogP contribution >= 0.6 is 27.3 Å². The maximum absolute atomic E-state index is 10.8. The van der Waals surface area contributed by atoms with E-state index in [-0.39, 0.29) is 0 Å². The van der Waals surface area contributed by atoms with Gasteiger partial charge >= 0.3 is 5.97 Å². The molecule has 0 amide bonds. The molecule has 0 aliphatic carbocycles. The molecular weight excluding hydrogens is 338 g/mol. The molecule has 0 saturated carbocycles. The van der Waals surface area contributed by atoms with E-state index in [2.05, 4.69) is 40.9 Å². The van der Waals surface area contributed by atoms with Crippen molar-refractivity contribution >= 4 is 33.2 Å². The molecule has 0 radical (unpaired) electrons. The quantitative estimate of drug-likeness (QED) is 0.877. The van der Waals surface area contributed by atoms with Crippen molar-refractivity contribution < 1.29 is 9.90 Å². The second-order valence-electron chi connectivity index (χ2n) is 4.79. The zero-order valence-corrected chi connectivity index (χ0v) is 13.8. The standard InChI is InChI=1S/C15H16BrNO2S/c1-10-14(16)7-13(20-10)9-17(2)8-11-3-5-12(6-4-11)15(18)19/h3-7H,8-9H2,1-2H3,(H,18,19). The molecule has 0 saturated heterocycles. The fraction of sp³-hybridized carbons (Fsp3) is 0.267. The number of carboxylic acids is 1. The number of rotatable bonds is 5. The Morgan fingerprint density at radius 2 is 1.95 bits per heavy atom. The van der Waals surface area contributed by atoms with E-state index < -0.39 is 5.97 Å². The summed E-state index contributed by atoms with van der Waals surface area (Å²) < 4.78 is 1.16. The van der Waals surface area contributed by atoms with E-state index in [9.17, 15) is 4.79 Å². The zero-order chi connectivity index (χ0) is 14.7. The lowest BCUT2D eigenvalue weighted by Crippen LogP contribution is -2.16. The van der Waals surface area contributed by atoms with Crippen molar-refractivity contribution in [2.24, 2.45) is 0 Å². The van der Waals surface area contributed by atoms with Crippen molar-refractivity contribution in [2.75, 3.05) is 7.05 Å². The first-order valence-corrected chi connectivity index (χ1v) is 7.82. The van der Waals surface area contributed by atoms with Crippen molar-refractivity contribution in [3.05, 3.63) is 55.7 Å². The molecule has 1 aromatic carbocycles. The Hall–Kier alpha value is -1.17. The van der Waals surface area contributed by atoms with Gasteiger partial charge in [-0.1, -0.05) is 12.1 Å². The lowest BCUT2D eigenvalue weighted by atomic mass is 10.1. The molecule has 2 rings (SSSR count). The summed E-state index contributed by atoms with van der Waals surface area (Å²) in [5.74, 6) is -0.885. The van der Waals surface area contributed by atoms with E-state index in [1.807, 2.05) is 12.1 Å². The Morgan fingerprint density at radius 1 is 1.30 bits per heavy atom. The normalized spacial score (nSPS) is 11.0. The monoisotopic (exact) mass is 353 g/mol. The van der Waals surface area contributed by atoms with Gasteiger partial charge in [0.1, 0.15) is 0 Å². The van der Waals surface area contributed by atoms with Crippen molar-refractivity contribution in [1.29, 1.82) is 0 Å².